The van der Waals surface area contributed by atoms with Crippen LogP contribution in [0.4, 0.5) is 4.79 Å². The number of hydrogen-bond donors (Lipinski definition) is 2. The summed E-state index contributed by atoms with van der Waals surface area (Å²) < 4.78 is 5.02. The van der Waals surface area contributed by atoms with Crippen LogP contribution in [-0.2, 0) is 14.3 Å². The first-order valence-corrected chi connectivity index (χ1v) is 5.04. The van der Waals surface area contributed by atoms with E-state index in [1.807, 2.05) is 0 Å². The fraction of sp³-hybridized carbons (Fsp3) is 0.700. The monoisotopic (exact) mass is 246 g/mol. The molecule has 0 aromatic carbocycles. The highest BCUT2D eigenvalue weighted by atomic mass is 16.6. The second-order valence-corrected chi connectivity index (χ2v) is 4.51. The summed E-state index contributed by atoms with van der Waals surface area (Å²) in [6.07, 6.45) is -0.636. The zero-order valence-electron chi connectivity index (χ0n) is 10.4. The number of carbonyl (C=O) groups is 3. The third-order valence-corrected chi connectivity index (χ3v) is 1.52. The Bertz CT molecular complexity index is 308. The number of amides is 2. The molecule has 0 saturated carbocycles. The highest BCUT2D eigenvalue weighted by Gasteiger charge is 2.21. The van der Waals surface area contributed by atoms with Gasteiger partial charge in [0.25, 0.3) is 0 Å². The molecule has 0 heterocycles. The summed E-state index contributed by atoms with van der Waals surface area (Å²) in [5, 5.41) is 10.5. The topological polar surface area (TPSA) is 95.9 Å². The van der Waals surface area contributed by atoms with E-state index < -0.39 is 30.1 Å². The SMILES string of the molecule is CN(CC(=O)NCC(=O)O)C(=O)OC(C)(C)C. The summed E-state index contributed by atoms with van der Waals surface area (Å²) in [5.41, 5.74) is -0.636. The third kappa shape index (κ3) is 8.06. The van der Waals surface area contributed by atoms with Crippen LogP contribution in [0.3, 0.4) is 0 Å². The van der Waals surface area contributed by atoms with Gasteiger partial charge >= 0.3 is 12.1 Å². The molecule has 17 heavy (non-hydrogen) atoms. The smallest absolute Gasteiger partial charge is 0.410 e. The highest BCUT2D eigenvalue weighted by Crippen LogP contribution is 2.08. The Kier molecular flexibility index (Phi) is 5.43. The van der Waals surface area contributed by atoms with Gasteiger partial charge in [-0.2, -0.15) is 0 Å². The predicted molar refractivity (Wildman–Crippen MR) is 59.5 cm³/mol. The number of ether oxygens (including phenoxy) is 1. The van der Waals surface area contributed by atoms with Crippen molar-refractivity contribution >= 4 is 18.0 Å². The lowest BCUT2D eigenvalue weighted by molar-refractivity contribution is -0.138. The highest BCUT2D eigenvalue weighted by molar-refractivity contribution is 5.85. The second-order valence-electron chi connectivity index (χ2n) is 4.51. The Hall–Kier alpha value is -1.79. The molecule has 0 aliphatic rings. The first-order valence-electron chi connectivity index (χ1n) is 5.04. The van der Waals surface area contributed by atoms with Crippen molar-refractivity contribution in [1.82, 2.24) is 10.2 Å². The van der Waals surface area contributed by atoms with E-state index in [9.17, 15) is 14.4 Å². The Morgan fingerprint density at radius 3 is 2.24 bits per heavy atom. The van der Waals surface area contributed by atoms with E-state index in [4.69, 9.17) is 9.84 Å². The number of nitrogens with one attached hydrogen (secondary N) is 1. The number of aliphatic carboxylic acids is 1. The molecule has 7 nitrogen and oxygen atoms in total. The Labute approximate surface area is 99.7 Å². The molecular formula is C10H18N2O5. The maximum absolute atomic E-state index is 11.4. The van der Waals surface area contributed by atoms with Gasteiger partial charge in [-0.1, -0.05) is 0 Å². The van der Waals surface area contributed by atoms with Gasteiger partial charge in [0, 0.05) is 7.05 Å². The summed E-state index contributed by atoms with van der Waals surface area (Å²) >= 11 is 0. The van der Waals surface area contributed by atoms with Crippen LogP contribution < -0.4 is 5.32 Å². The first-order chi connectivity index (χ1) is 7.61. The molecule has 0 aromatic heterocycles. The van der Waals surface area contributed by atoms with Gasteiger partial charge in [0.1, 0.15) is 18.7 Å². The van der Waals surface area contributed by atoms with Crippen LogP contribution in [0.1, 0.15) is 20.8 Å². The molecule has 0 aromatic rings. The van der Waals surface area contributed by atoms with E-state index in [0.717, 1.165) is 4.90 Å². The number of nitrogens with zero attached hydrogens (tertiary/aromatic N) is 1. The molecular weight excluding hydrogens is 228 g/mol. The zero-order valence-corrected chi connectivity index (χ0v) is 10.4. The summed E-state index contributed by atoms with van der Waals surface area (Å²) in [4.78, 5) is 33.9. The van der Waals surface area contributed by atoms with Crippen LogP contribution in [-0.4, -0.2) is 53.7 Å². The summed E-state index contributed by atoms with van der Waals surface area (Å²) in [6, 6.07) is 0. The van der Waals surface area contributed by atoms with Crippen molar-refractivity contribution in [3.8, 4) is 0 Å². The minimum Gasteiger partial charge on any atom is -0.480 e. The van der Waals surface area contributed by atoms with Gasteiger partial charge in [0.05, 0.1) is 0 Å². The normalized spacial score (nSPS) is 10.6. The summed E-state index contributed by atoms with van der Waals surface area (Å²) in [5.74, 6) is -1.70. The number of carboxylic acids is 1. The molecule has 0 aliphatic heterocycles. The van der Waals surface area contributed by atoms with Crippen molar-refractivity contribution in [3.05, 3.63) is 0 Å². The number of likely N-dealkylation sites (N-methyl/N-ethyl adjacent to an activating group) is 1. The standard InChI is InChI=1S/C10H18N2O5/c1-10(2,3)17-9(16)12(4)6-7(13)11-5-8(14)15/h5-6H2,1-4H3,(H,11,13)(H,14,15). The largest absolute Gasteiger partial charge is 0.480 e. The third-order valence-electron chi connectivity index (χ3n) is 1.52. The molecule has 2 N–H and O–H groups in total. The van der Waals surface area contributed by atoms with E-state index in [1.54, 1.807) is 20.8 Å². The lowest BCUT2D eigenvalue weighted by atomic mass is 10.2. The van der Waals surface area contributed by atoms with Gasteiger partial charge in [0.15, 0.2) is 0 Å². The van der Waals surface area contributed by atoms with Gasteiger partial charge in [-0.25, -0.2) is 4.79 Å². The average molecular weight is 246 g/mol. The molecule has 0 spiro atoms. The Morgan fingerprint density at radius 2 is 1.82 bits per heavy atom. The molecule has 0 fully saturated rings. The molecule has 0 bridgehead atoms. The van der Waals surface area contributed by atoms with E-state index in [0.29, 0.717) is 0 Å². The van der Waals surface area contributed by atoms with Crippen LogP contribution in [0.2, 0.25) is 0 Å². The van der Waals surface area contributed by atoms with Crippen molar-refractivity contribution in [2.45, 2.75) is 26.4 Å². The number of carboxylic acid groups (broad SMARTS) is 1. The molecule has 0 saturated heterocycles. The first kappa shape index (κ1) is 15.2. The molecule has 7 heteroatoms. The molecule has 0 atom stereocenters. The minimum atomic E-state index is -1.14. The van der Waals surface area contributed by atoms with Crippen molar-refractivity contribution in [1.29, 1.82) is 0 Å². The summed E-state index contributed by atoms with van der Waals surface area (Å²) in [6.45, 7) is 4.42. The fourth-order valence-electron chi connectivity index (χ4n) is 0.850. The number of carbonyl (C=O) groups excluding carboxylic acids is 2. The van der Waals surface area contributed by atoms with Gasteiger partial charge in [-0.3, -0.25) is 9.59 Å². The molecule has 2 amide bonds. The van der Waals surface area contributed by atoms with Crippen molar-refractivity contribution in [3.63, 3.8) is 0 Å². The molecule has 0 unspecified atom stereocenters. The van der Waals surface area contributed by atoms with E-state index >= 15 is 0 Å². The molecule has 98 valence electrons. The molecule has 0 aliphatic carbocycles. The predicted octanol–water partition coefficient (Wildman–Crippen LogP) is 0.0541. The van der Waals surface area contributed by atoms with Crippen molar-refractivity contribution in [2.75, 3.05) is 20.1 Å². The maximum Gasteiger partial charge on any atom is 0.410 e. The van der Waals surface area contributed by atoms with Crippen LogP contribution in [0.5, 0.6) is 0 Å². The zero-order chi connectivity index (χ0) is 13.6. The maximum atomic E-state index is 11.4. The minimum absolute atomic E-state index is 0.248. The number of rotatable bonds is 4. The average Bonchev–Trinajstić information content (AvgIpc) is 2.11. The van der Waals surface area contributed by atoms with Gasteiger partial charge < -0.3 is 20.1 Å². The van der Waals surface area contributed by atoms with Crippen LogP contribution >= 0.6 is 0 Å². The lowest BCUT2D eigenvalue weighted by Gasteiger charge is -2.24. The van der Waals surface area contributed by atoms with E-state index in [2.05, 4.69) is 5.32 Å². The van der Waals surface area contributed by atoms with Gasteiger partial charge in [0.2, 0.25) is 5.91 Å². The second kappa shape index (κ2) is 6.07. The fourth-order valence-corrected chi connectivity index (χ4v) is 0.850. The van der Waals surface area contributed by atoms with Crippen molar-refractivity contribution in [2.24, 2.45) is 0 Å². The molecule has 0 radical (unpaired) electrons. The van der Waals surface area contributed by atoms with Gasteiger partial charge in [-0.15, -0.1) is 0 Å². The van der Waals surface area contributed by atoms with Crippen LogP contribution in [0, 0.1) is 0 Å². The summed E-state index contributed by atoms with van der Waals surface area (Å²) in [7, 11) is 1.40. The number of hydrogen-bond acceptors (Lipinski definition) is 4. The van der Waals surface area contributed by atoms with E-state index in [1.165, 1.54) is 7.05 Å². The van der Waals surface area contributed by atoms with Crippen molar-refractivity contribution < 1.29 is 24.2 Å². The lowest BCUT2D eigenvalue weighted by Crippen LogP contribution is -2.42. The van der Waals surface area contributed by atoms with Crippen LogP contribution in [0.15, 0.2) is 0 Å². The quantitative estimate of drug-likeness (QED) is 0.731. The molecule has 0 rings (SSSR count). The Balaban J connectivity index is 4.08. The van der Waals surface area contributed by atoms with Gasteiger partial charge in [-0.05, 0) is 20.8 Å². The Morgan fingerprint density at radius 1 is 1.29 bits per heavy atom. The van der Waals surface area contributed by atoms with E-state index in [-0.39, 0.29) is 6.54 Å². The van der Waals surface area contributed by atoms with Crippen LogP contribution in [0.25, 0.3) is 0 Å².